The molecule has 0 aliphatic carbocycles. The van der Waals surface area contributed by atoms with Crippen LogP contribution in [0.5, 0.6) is 0 Å². The zero-order chi connectivity index (χ0) is 18.5. The SMILES string of the molecule is O=[N+]([O-])c1ccc(-n2cccc2/C=N\Nc2ncccc2[N+](=O)[O-])cc1. The van der Waals surface area contributed by atoms with Crippen LogP contribution >= 0.6 is 0 Å². The Morgan fingerprint density at radius 3 is 2.50 bits per heavy atom. The summed E-state index contributed by atoms with van der Waals surface area (Å²) in [6.45, 7) is 0. The van der Waals surface area contributed by atoms with E-state index in [0.29, 0.717) is 11.4 Å². The zero-order valence-corrected chi connectivity index (χ0v) is 13.2. The molecular weight excluding hydrogens is 340 g/mol. The molecule has 0 bridgehead atoms. The van der Waals surface area contributed by atoms with Gasteiger partial charge in [0.2, 0.25) is 5.82 Å². The Kier molecular flexibility index (Phi) is 4.65. The number of hydrazone groups is 1. The summed E-state index contributed by atoms with van der Waals surface area (Å²) in [7, 11) is 0. The van der Waals surface area contributed by atoms with Gasteiger partial charge in [0.1, 0.15) is 0 Å². The van der Waals surface area contributed by atoms with Crippen LogP contribution in [0.25, 0.3) is 5.69 Å². The second-order valence-electron chi connectivity index (χ2n) is 5.07. The van der Waals surface area contributed by atoms with Crippen molar-refractivity contribution in [3.63, 3.8) is 0 Å². The van der Waals surface area contributed by atoms with Crippen molar-refractivity contribution in [2.24, 2.45) is 5.10 Å². The highest BCUT2D eigenvalue weighted by molar-refractivity contribution is 5.79. The highest BCUT2D eigenvalue weighted by Gasteiger charge is 2.13. The van der Waals surface area contributed by atoms with E-state index in [4.69, 9.17) is 0 Å². The Morgan fingerprint density at radius 1 is 1.04 bits per heavy atom. The molecular formula is C16H12N6O4. The Hall–Kier alpha value is -4.08. The van der Waals surface area contributed by atoms with Gasteiger partial charge < -0.3 is 4.57 Å². The standard InChI is InChI=1S/C16H12N6O4/c23-21(24)13-7-5-12(6-8-13)20-10-2-3-14(20)11-18-19-16-15(22(25)26)4-1-9-17-16/h1-11H,(H,17,19)/b18-11-. The first kappa shape index (κ1) is 16.8. The van der Waals surface area contributed by atoms with Crippen molar-refractivity contribution in [3.8, 4) is 5.69 Å². The van der Waals surface area contributed by atoms with E-state index < -0.39 is 9.85 Å². The number of pyridine rings is 1. The van der Waals surface area contributed by atoms with Crippen LogP contribution in [-0.4, -0.2) is 25.6 Å². The molecule has 3 aromatic rings. The lowest BCUT2D eigenvalue weighted by atomic mass is 10.3. The molecule has 0 unspecified atom stereocenters. The average molecular weight is 352 g/mol. The topological polar surface area (TPSA) is 128 Å². The minimum Gasteiger partial charge on any atom is -0.316 e. The van der Waals surface area contributed by atoms with Gasteiger partial charge in [-0.2, -0.15) is 5.10 Å². The molecule has 0 atom stereocenters. The van der Waals surface area contributed by atoms with Crippen molar-refractivity contribution in [3.05, 3.63) is 86.8 Å². The summed E-state index contributed by atoms with van der Waals surface area (Å²) < 4.78 is 1.77. The Morgan fingerprint density at radius 2 is 1.81 bits per heavy atom. The van der Waals surface area contributed by atoms with E-state index >= 15 is 0 Å². The van der Waals surface area contributed by atoms with Gasteiger partial charge >= 0.3 is 5.69 Å². The number of non-ortho nitro benzene ring substituents is 1. The maximum absolute atomic E-state index is 10.9. The van der Waals surface area contributed by atoms with Crippen LogP contribution in [0.3, 0.4) is 0 Å². The number of rotatable bonds is 6. The van der Waals surface area contributed by atoms with Gasteiger partial charge in [0, 0.05) is 36.3 Å². The fraction of sp³-hybridized carbons (Fsp3) is 0. The maximum atomic E-state index is 10.9. The van der Waals surface area contributed by atoms with Gasteiger partial charge in [-0.3, -0.25) is 25.7 Å². The smallest absolute Gasteiger partial charge is 0.313 e. The number of benzene rings is 1. The van der Waals surface area contributed by atoms with E-state index in [1.54, 1.807) is 35.0 Å². The third kappa shape index (κ3) is 3.53. The average Bonchev–Trinajstić information content (AvgIpc) is 3.10. The van der Waals surface area contributed by atoms with Gasteiger partial charge in [0.25, 0.3) is 5.69 Å². The molecule has 0 aliphatic heterocycles. The highest BCUT2D eigenvalue weighted by Crippen LogP contribution is 2.20. The molecule has 0 saturated carbocycles. The van der Waals surface area contributed by atoms with Gasteiger partial charge in [0.15, 0.2) is 0 Å². The van der Waals surface area contributed by atoms with Crippen LogP contribution in [0.4, 0.5) is 17.2 Å². The molecule has 0 amide bonds. The van der Waals surface area contributed by atoms with Crippen molar-refractivity contribution in [2.45, 2.75) is 0 Å². The number of nitro benzene ring substituents is 1. The number of nitro groups is 2. The molecule has 2 aromatic heterocycles. The Bertz CT molecular complexity index is 980. The molecule has 0 fully saturated rings. The second-order valence-corrected chi connectivity index (χ2v) is 5.07. The third-order valence-electron chi connectivity index (χ3n) is 3.47. The molecule has 1 aromatic carbocycles. The minimum atomic E-state index is -0.551. The molecule has 2 heterocycles. The molecule has 0 spiro atoms. The molecule has 26 heavy (non-hydrogen) atoms. The van der Waals surface area contributed by atoms with Crippen LogP contribution in [0, 0.1) is 20.2 Å². The first-order valence-corrected chi connectivity index (χ1v) is 7.37. The largest absolute Gasteiger partial charge is 0.316 e. The molecule has 10 nitrogen and oxygen atoms in total. The Balaban J connectivity index is 1.80. The molecule has 10 heteroatoms. The van der Waals surface area contributed by atoms with Gasteiger partial charge in [0.05, 0.1) is 21.8 Å². The number of aromatic nitrogens is 2. The number of hydrogen-bond donors (Lipinski definition) is 1. The first-order chi connectivity index (χ1) is 12.6. The van der Waals surface area contributed by atoms with Crippen molar-refractivity contribution in [1.29, 1.82) is 0 Å². The van der Waals surface area contributed by atoms with Gasteiger partial charge in [-0.05, 0) is 30.3 Å². The number of hydrogen-bond acceptors (Lipinski definition) is 7. The minimum absolute atomic E-state index is 0.000233. The first-order valence-electron chi connectivity index (χ1n) is 7.37. The molecule has 0 radical (unpaired) electrons. The number of nitrogens with one attached hydrogen (secondary N) is 1. The lowest BCUT2D eigenvalue weighted by Crippen LogP contribution is -2.01. The van der Waals surface area contributed by atoms with Crippen molar-refractivity contribution < 1.29 is 9.85 Å². The predicted octanol–water partition coefficient (Wildman–Crippen LogP) is 3.13. The van der Waals surface area contributed by atoms with Crippen molar-refractivity contribution in [2.75, 3.05) is 5.43 Å². The summed E-state index contributed by atoms with van der Waals surface area (Å²) in [6.07, 6.45) is 4.66. The molecule has 130 valence electrons. The number of nitrogens with zero attached hydrogens (tertiary/aromatic N) is 5. The Labute approximate surface area is 146 Å². The van der Waals surface area contributed by atoms with Gasteiger partial charge in [-0.1, -0.05) is 0 Å². The fourth-order valence-electron chi connectivity index (χ4n) is 2.26. The van der Waals surface area contributed by atoms with E-state index in [2.05, 4.69) is 15.5 Å². The van der Waals surface area contributed by atoms with Crippen molar-refractivity contribution in [1.82, 2.24) is 9.55 Å². The predicted molar refractivity (Wildman–Crippen MR) is 94.5 cm³/mol. The second kappa shape index (κ2) is 7.21. The lowest BCUT2D eigenvalue weighted by Gasteiger charge is -2.06. The van der Waals surface area contributed by atoms with E-state index in [1.807, 2.05) is 0 Å². The molecule has 3 rings (SSSR count). The fourth-order valence-corrected chi connectivity index (χ4v) is 2.26. The van der Waals surface area contributed by atoms with Gasteiger partial charge in [-0.15, -0.1) is 0 Å². The summed E-state index contributed by atoms with van der Waals surface area (Å²) in [5, 5.41) is 25.7. The van der Waals surface area contributed by atoms with E-state index in [9.17, 15) is 20.2 Å². The van der Waals surface area contributed by atoms with Crippen LogP contribution in [0.15, 0.2) is 66.0 Å². The third-order valence-corrected chi connectivity index (χ3v) is 3.47. The normalized spacial score (nSPS) is 10.8. The van der Waals surface area contributed by atoms with Crippen LogP contribution in [0.2, 0.25) is 0 Å². The highest BCUT2D eigenvalue weighted by atomic mass is 16.6. The van der Waals surface area contributed by atoms with Crippen LogP contribution in [0.1, 0.15) is 5.69 Å². The van der Waals surface area contributed by atoms with Crippen molar-refractivity contribution >= 4 is 23.4 Å². The van der Waals surface area contributed by atoms with E-state index in [0.717, 1.165) is 0 Å². The molecule has 0 saturated heterocycles. The summed E-state index contributed by atoms with van der Waals surface area (Å²) in [4.78, 5) is 24.6. The lowest BCUT2D eigenvalue weighted by molar-refractivity contribution is -0.384. The number of anilines is 1. The van der Waals surface area contributed by atoms with Crippen LogP contribution < -0.4 is 5.43 Å². The van der Waals surface area contributed by atoms with Crippen LogP contribution in [-0.2, 0) is 0 Å². The summed E-state index contributed by atoms with van der Waals surface area (Å²) in [5.74, 6) is 0.0298. The quantitative estimate of drug-likeness (QED) is 0.412. The monoisotopic (exact) mass is 352 g/mol. The molecule has 1 N–H and O–H groups in total. The molecule has 0 aliphatic rings. The van der Waals surface area contributed by atoms with Gasteiger partial charge in [-0.25, -0.2) is 4.98 Å². The maximum Gasteiger partial charge on any atom is 0.313 e. The van der Waals surface area contributed by atoms with E-state index in [1.165, 1.54) is 36.7 Å². The summed E-state index contributed by atoms with van der Waals surface area (Å²) in [5.41, 5.74) is 3.75. The zero-order valence-electron chi connectivity index (χ0n) is 13.2. The summed E-state index contributed by atoms with van der Waals surface area (Å²) in [6, 6.07) is 12.4. The van der Waals surface area contributed by atoms with E-state index in [-0.39, 0.29) is 17.2 Å². The summed E-state index contributed by atoms with van der Waals surface area (Å²) >= 11 is 0.